The molecule has 0 spiro atoms. The molecule has 0 fully saturated rings. The van der Waals surface area contributed by atoms with E-state index in [4.69, 9.17) is 0 Å². The number of rotatable bonds is 2. The number of benzene rings is 1. The van der Waals surface area contributed by atoms with Gasteiger partial charge in [-0.15, -0.1) is 0 Å². The predicted molar refractivity (Wildman–Crippen MR) is 68.1 cm³/mol. The summed E-state index contributed by atoms with van der Waals surface area (Å²) in [7, 11) is 3.61. The molecule has 1 aromatic carbocycles. The van der Waals surface area contributed by atoms with Gasteiger partial charge in [0.05, 0.1) is 0 Å². The van der Waals surface area contributed by atoms with E-state index in [-0.39, 0.29) is 0 Å². The maximum absolute atomic E-state index is 4.05. The molecular weight excluding hydrogens is 254 g/mol. The van der Waals surface area contributed by atoms with Crippen molar-refractivity contribution in [2.24, 2.45) is 4.99 Å². The molecule has 0 amide bonds. The number of aliphatic imine (C=N–C) groups is 1. The zero-order valence-electron chi connectivity index (χ0n) is 9.26. The quantitative estimate of drug-likeness (QED) is 0.637. The van der Waals surface area contributed by atoms with Crippen LogP contribution in [0.1, 0.15) is 11.1 Å². The highest BCUT2D eigenvalue weighted by molar-refractivity contribution is 9.10. The second-order valence-electron chi connectivity index (χ2n) is 3.25. The first kappa shape index (κ1) is 12.0. The smallest absolute Gasteiger partial charge is 0.190 e. The van der Waals surface area contributed by atoms with Gasteiger partial charge in [0, 0.05) is 25.1 Å². The van der Waals surface area contributed by atoms with Crippen molar-refractivity contribution in [3.8, 4) is 0 Å². The second-order valence-corrected chi connectivity index (χ2v) is 4.16. The van der Waals surface area contributed by atoms with Crippen molar-refractivity contribution in [3.63, 3.8) is 0 Å². The summed E-state index contributed by atoms with van der Waals surface area (Å²) in [4.78, 5) is 4.05. The Balaban J connectivity index is 2.65. The third kappa shape index (κ3) is 3.55. The van der Waals surface area contributed by atoms with Crippen LogP contribution in [0.5, 0.6) is 0 Å². The number of guanidine groups is 1. The molecule has 0 unspecified atom stereocenters. The van der Waals surface area contributed by atoms with Crippen molar-refractivity contribution in [2.45, 2.75) is 13.5 Å². The Kier molecular flexibility index (Phi) is 4.62. The third-order valence-corrected chi connectivity index (χ3v) is 2.70. The minimum Gasteiger partial charge on any atom is -0.359 e. The van der Waals surface area contributed by atoms with E-state index in [1.54, 1.807) is 7.05 Å². The van der Waals surface area contributed by atoms with E-state index in [1.165, 1.54) is 11.1 Å². The molecule has 15 heavy (non-hydrogen) atoms. The first-order chi connectivity index (χ1) is 7.17. The topological polar surface area (TPSA) is 36.4 Å². The van der Waals surface area contributed by atoms with E-state index in [2.05, 4.69) is 50.6 Å². The van der Waals surface area contributed by atoms with Crippen LogP contribution in [0.25, 0.3) is 0 Å². The molecule has 3 nitrogen and oxygen atoms in total. The molecule has 0 aliphatic rings. The van der Waals surface area contributed by atoms with Crippen LogP contribution in [0.2, 0.25) is 0 Å². The molecule has 1 aromatic rings. The Morgan fingerprint density at radius 3 is 2.73 bits per heavy atom. The molecule has 0 radical (unpaired) electrons. The lowest BCUT2D eigenvalue weighted by atomic mass is 10.1. The van der Waals surface area contributed by atoms with Crippen LogP contribution >= 0.6 is 15.9 Å². The lowest BCUT2D eigenvalue weighted by Gasteiger charge is -2.10. The number of hydrogen-bond acceptors (Lipinski definition) is 1. The van der Waals surface area contributed by atoms with Gasteiger partial charge in [-0.1, -0.05) is 22.0 Å². The minimum atomic E-state index is 0.784. The second kappa shape index (κ2) is 5.75. The molecule has 0 heterocycles. The van der Waals surface area contributed by atoms with Crippen LogP contribution in [-0.2, 0) is 6.54 Å². The SMILES string of the molecule is CN=C(NC)NCc1ccc(Br)cc1C. The monoisotopic (exact) mass is 269 g/mol. The molecule has 2 N–H and O–H groups in total. The van der Waals surface area contributed by atoms with E-state index < -0.39 is 0 Å². The van der Waals surface area contributed by atoms with Crippen molar-refractivity contribution in [1.29, 1.82) is 0 Å². The summed E-state index contributed by atoms with van der Waals surface area (Å²) in [6.07, 6.45) is 0. The Morgan fingerprint density at radius 1 is 1.47 bits per heavy atom. The zero-order valence-corrected chi connectivity index (χ0v) is 10.9. The first-order valence-corrected chi connectivity index (χ1v) is 5.60. The Bertz CT molecular complexity index is 361. The summed E-state index contributed by atoms with van der Waals surface area (Å²) in [6.45, 7) is 2.89. The Labute approximate surface area is 99.1 Å². The molecular formula is C11H16BrN3. The zero-order chi connectivity index (χ0) is 11.3. The summed E-state index contributed by atoms with van der Waals surface area (Å²) >= 11 is 3.45. The van der Waals surface area contributed by atoms with Gasteiger partial charge < -0.3 is 10.6 Å². The maximum atomic E-state index is 4.05. The van der Waals surface area contributed by atoms with Gasteiger partial charge in [0.2, 0.25) is 0 Å². The lowest BCUT2D eigenvalue weighted by molar-refractivity contribution is 0.859. The highest BCUT2D eigenvalue weighted by atomic mass is 79.9. The summed E-state index contributed by atoms with van der Waals surface area (Å²) in [5.74, 6) is 0.803. The van der Waals surface area contributed by atoms with Gasteiger partial charge in [0.25, 0.3) is 0 Å². The van der Waals surface area contributed by atoms with E-state index in [1.807, 2.05) is 13.1 Å². The van der Waals surface area contributed by atoms with Gasteiger partial charge in [0.15, 0.2) is 5.96 Å². The molecule has 0 saturated carbocycles. The molecule has 0 aromatic heterocycles. The van der Waals surface area contributed by atoms with Crippen LogP contribution in [0.4, 0.5) is 0 Å². The summed E-state index contributed by atoms with van der Waals surface area (Å²) in [5, 5.41) is 6.20. The van der Waals surface area contributed by atoms with Gasteiger partial charge in [0.1, 0.15) is 0 Å². The van der Waals surface area contributed by atoms with Crippen molar-refractivity contribution >= 4 is 21.9 Å². The number of nitrogens with zero attached hydrogens (tertiary/aromatic N) is 1. The number of aryl methyl sites for hydroxylation is 1. The van der Waals surface area contributed by atoms with E-state index in [0.29, 0.717) is 0 Å². The average Bonchev–Trinajstić information content (AvgIpc) is 2.22. The fourth-order valence-corrected chi connectivity index (χ4v) is 1.79. The van der Waals surface area contributed by atoms with Crippen LogP contribution in [0.3, 0.4) is 0 Å². The van der Waals surface area contributed by atoms with Gasteiger partial charge >= 0.3 is 0 Å². The van der Waals surface area contributed by atoms with Crippen molar-refractivity contribution in [1.82, 2.24) is 10.6 Å². The fourth-order valence-electron chi connectivity index (χ4n) is 1.32. The molecule has 0 aliphatic heterocycles. The number of hydrogen-bond donors (Lipinski definition) is 2. The maximum Gasteiger partial charge on any atom is 0.190 e. The van der Waals surface area contributed by atoms with Gasteiger partial charge in [-0.25, -0.2) is 0 Å². The standard InChI is InChI=1S/C11H16BrN3/c1-8-6-10(12)5-4-9(8)7-15-11(13-2)14-3/h4-6H,7H2,1-3H3,(H2,13,14,15). The van der Waals surface area contributed by atoms with Crippen LogP contribution in [-0.4, -0.2) is 20.1 Å². The molecule has 0 bridgehead atoms. The summed E-state index contributed by atoms with van der Waals surface area (Å²) in [6, 6.07) is 6.26. The third-order valence-electron chi connectivity index (χ3n) is 2.21. The first-order valence-electron chi connectivity index (χ1n) is 4.80. The van der Waals surface area contributed by atoms with Crippen molar-refractivity contribution in [2.75, 3.05) is 14.1 Å². The van der Waals surface area contributed by atoms with Gasteiger partial charge in [-0.05, 0) is 30.2 Å². The summed E-state index contributed by atoms with van der Waals surface area (Å²) < 4.78 is 1.11. The number of nitrogens with one attached hydrogen (secondary N) is 2. The summed E-state index contributed by atoms with van der Waals surface area (Å²) in [5.41, 5.74) is 2.54. The molecule has 1 rings (SSSR count). The van der Waals surface area contributed by atoms with E-state index in [9.17, 15) is 0 Å². The molecule has 0 saturated heterocycles. The largest absolute Gasteiger partial charge is 0.359 e. The minimum absolute atomic E-state index is 0.784. The van der Waals surface area contributed by atoms with E-state index >= 15 is 0 Å². The fraction of sp³-hybridized carbons (Fsp3) is 0.364. The lowest BCUT2D eigenvalue weighted by Crippen LogP contribution is -2.34. The van der Waals surface area contributed by atoms with Crippen LogP contribution in [0.15, 0.2) is 27.7 Å². The highest BCUT2D eigenvalue weighted by Gasteiger charge is 1.99. The molecule has 4 heteroatoms. The highest BCUT2D eigenvalue weighted by Crippen LogP contribution is 2.15. The molecule has 82 valence electrons. The van der Waals surface area contributed by atoms with E-state index in [0.717, 1.165) is 17.0 Å². The number of halogens is 1. The molecule has 0 aliphatic carbocycles. The predicted octanol–water partition coefficient (Wildman–Crippen LogP) is 2.05. The average molecular weight is 270 g/mol. The Morgan fingerprint density at radius 2 is 2.20 bits per heavy atom. The van der Waals surface area contributed by atoms with Crippen LogP contribution < -0.4 is 10.6 Å². The van der Waals surface area contributed by atoms with Gasteiger partial charge in [-0.2, -0.15) is 0 Å². The van der Waals surface area contributed by atoms with Crippen molar-refractivity contribution in [3.05, 3.63) is 33.8 Å². The van der Waals surface area contributed by atoms with Crippen LogP contribution in [0, 0.1) is 6.92 Å². The van der Waals surface area contributed by atoms with Gasteiger partial charge in [-0.3, -0.25) is 4.99 Å². The molecule has 0 atom stereocenters. The Hall–Kier alpha value is -1.03. The normalized spacial score (nSPS) is 11.3. The van der Waals surface area contributed by atoms with Crippen molar-refractivity contribution < 1.29 is 0 Å².